The summed E-state index contributed by atoms with van der Waals surface area (Å²) in [6.45, 7) is 5.10. The Morgan fingerprint density at radius 3 is 2.50 bits per heavy atom. The van der Waals surface area contributed by atoms with Crippen LogP contribution in [-0.2, 0) is 4.79 Å². The summed E-state index contributed by atoms with van der Waals surface area (Å²) in [7, 11) is 2.11. The third-order valence-corrected chi connectivity index (χ3v) is 3.01. The number of rotatable bonds is 3. The van der Waals surface area contributed by atoms with Crippen molar-refractivity contribution in [2.24, 2.45) is 5.73 Å². The first-order chi connectivity index (χ1) is 6.65. The van der Waals surface area contributed by atoms with Gasteiger partial charge >= 0.3 is 0 Å². The molecule has 0 unspecified atom stereocenters. The molecular weight excluding hydrogens is 178 g/mol. The lowest BCUT2D eigenvalue weighted by molar-refractivity contribution is -0.130. The molecule has 0 aromatic rings. The lowest BCUT2D eigenvalue weighted by atomic mass is 10.0. The zero-order valence-electron chi connectivity index (χ0n) is 9.20. The molecule has 14 heavy (non-hydrogen) atoms. The van der Waals surface area contributed by atoms with Gasteiger partial charge in [0.2, 0.25) is 5.91 Å². The highest BCUT2D eigenvalue weighted by atomic mass is 16.2. The Morgan fingerprint density at radius 2 is 2.07 bits per heavy atom. The highest BCUT2D eigenvalue weighted by Gasteiger charge is 2.22. The molecule has 1 aliphatic heterocycles. The number of nitrogens with two attached hydrogens (primary N) is 1. The molecule has 0 radical (unpaired) electrons. The Bertz CT molecular complexity index is 188. The third kappa shape index (κ3) is 2.96. The number of carbonyl (C=O) groups excluding carboxylic acids is 1. The molecule has 4 heteroatoms. The van der Waals surface area contributed by atoms with Crippen LogP contribution in [0.25, 0.3) is 0 Å². The quantitative estimate of drug-likeness (QED) is 0.690. The molecule has 0 atom stereocenters. The lowest BCUT2D eigenvalue weighted by Gasteiger charge is -2.36. The number of nitrogens with zero attached hydrogens (tertiary/aromatic N) is 2. The van der Waals surface area contributed by atoms with Gasteiger partial charge in [0, 0.05) is 39.1 Å². The zero-order valence-corrected chi connectivity index (χ0v) is 9.20. The van der Waals surface area contributed by atoms with Crippen molar-refractivity contribution in [3.8, 4) is 0 Å². The fourth-order valence-electron chi connectivity index (χ4n) is 2.01. The van der Waals surface area contributed by atoms with Crippen LogP contribution in [0.4, 0.5) is 0 Å². The number of hydrogen-bond donors (Lipinski definition) is 1. The minimum Gasteiger partial charge on any atom is -0.343 e. The summed E-state index contributed by atoms with van der Waals surface area (Å²) in [6, 6.07) is 0.606. The van der Waals surface area contributed by atoms with E-state index >= 15 is 0 Å². The van der Waals surface area contributed by atoms with E-state index in [2.05, 4.69) is 11.9 Å². The summed E-state index contributed by atoms with van der Waals surface area (Å²) in [6.07, 6.45) is 2.16. The van der Waals surface area contributed by atoms with E-state index in [9.17, 15) is 4.79 Å². The van der Waals surface area contributed by atoms with E-state index in [1.54, 1.807) is 6.92 Å². The van der Waals surface area contributed by atoms with Crippen molar-refractivity contribution in [1.82, 2.24) is 9.80 Å². The first-order valence-corrected chi connectivity index (χ1v) is 5.31. The van der Waals surface area contributed by atoms with Gasteiger partial charge in [-0.2, -0.15) is 0 Å². The van der Waals surface area contributed by atoms with Crippen LogP contribution in [0.1, 0.15) is 19.8 Å². The topological polar surface area (TPSA) is 49.6 Å². The Morgan fingerprint density at radius 1 is 1.50 bits per heavy atom. The SMILES string of the molecule is CC(=O)N1CCC(N(C)CCN)CC1. The van der Waals surface area contributed by atoms with E-state index in [0.29, 0.717) is 12.6 Å². The third-order valence-electron chi connectivity index (χ3n) is 3.01. The van der Waals surface area contributed by atoms with Crippen molar-refractivity contribution in [3.63, 3.8) is 0 Å². The molecule has 1 rings (SSSR count). The molecule has 1 heterocycles. The van der Waals surface area contributed by atoms with Crippen LogP contribution in [-0.4, -0.2) is 55.0 Å². The number of amides is 1. The van der Waals surface area contributed by atoms with Gasteiger partial charge in [-0.3, -0.25) is 4.79 Å². The first kappa shape index (κ1) is 11.5. The largest absolute Gasteiger partial charge is 0.343 e. The lowest BCUT2D eigenvalue weighted by Crippen LogP contribution is -2.46. The van der Waals surface area contributed by atoms with Crippen LogP contribution in [0.5, 0.6) is 0 Å². The molecule has 0 aromatic carbocycles. The monoisotopic (exact) mass is 199 g/mol. The second kappa shape index (κ2) is 5.32. The van der Waals surface area contributed by atoms with Gasteiger partial charge in [-0.1, -0.05) is 0 Å². The second-order valence-electron chi connectivity index (χ2n) is 4.01. The average Bonchev–Trinajstić information content (AvgIpc) is 2.18. The molecule has 1 fully saturated rings. The molecule has 0 aromatic heterocycles. The summed E-state index contributed by atoms with van der Waals surface area (Å²) < 4.78 is 0. The predicted molar refractivity (Wildman–Crippen MR) is 57.0 cm³/mol. The standard InChI is InChI=1S/C10H21N3O/c1-9(14)13-6-3-10(4-7-13)12(2)8-5-11/h10H,3-8,11H2,1-2H3. The van der Waals surface area contributed by atoms with Crippen molar-refractivity contribution >= 4 is 5.91 Å². The van der Waals surface area contributed by atoms with Gasteiger partial charge < -0.3 is 15.5 Å². The summed E-state index contributed by atoms with van der Waals surface area (Å²) in [5.74, 6) is 0.199. The molecule has 1 amide bonds. The molecule has 0 bridgehead atoms. The van der Waals surface area contributed by atoms with Crippen molar-refractivity contribution in [1.29, 1.82) is 0 Å². The molecule has 0 saturated carbocycles. The van der Waals surface area contributed by atoms with Gasteiger partial charge in [0.15, 0.2) is 0 Å². The summed E-state index contributed by atoms with van der Waals surface area (Å²) in [5, 5.41) is 0. The van der Waals surface area contributed by atoms with Crippen molar-refractivity contribution in [3.05, 3.63) is 0 Å². The fourth-order valence-corrected chi connectivity index (χ4v) is 2.01. The summed E-state index contributed by atoms with van der Waals surface area (Å²) in [4.78, 5) is 15.3. The number of likely N-dealkylation sites (tertiary alicyclic amines) is 1. The van der Waals surface area contributed by atoms with Gasteiger partial charge in [-0.25, -0.2) is 0 Å². The van der Waals surface area contributed by atoms with Gasteiger partial charge in [-0.05, 0) is 19.9 Å². The Hall–Kier alpha value is -0.610. The van der Waals surface area contributed by atoms with Crippen molar-refractivity contribution in [2.75, 3.05) is 33.2 Å². The van der Waals surface area contributed by atoms with Gasteiger partial charge in [0.05, 0.1) is 0 Å². The first-order valence-electron chi connectivity index (χ1n) is 5.31. The van der Waals surface area contributed by atoms with Crippen LogP contribution in [0.2, 0.25) is 0 Å². The van der Waals surface area contributed by atoms with Crippen LogP contribution in [0, 0.1) is 0 Å². The van der Waals surface area contributed by atoms with E-state index in [1.165, 1.54) is 0 Å². The van der Waals surface area contributed by atoms with Crippen LogP contribution < -0.4 is 5.73 Å². The van der Waals surface area contributed by atoms with Crippen molar-refractivity contribution in [2.45, 2.75) is 25.8 Å². The van der Waals surface area contributed by atoms with Gasteiger partial charge in [0.25, 0.3) is 0 Å². The van der Waals surface area contributed by atoms with Gasteiger partial charge in [-0.15, -0.1) is 0 Å². The zero-order chi connectivity index (χ0) is 10.6. The minimum atomic E-state index is 0.199. The molecule has 0 spiro atoms. The maximum absolute atomic E-state index is 11.1. The fraction of sp³-hybridized carbons (Fsp3) is 0.900. The highest BCUT2D eigenvalue weighted by molar-refractivity contribution is 5.73. The van der Waals surface area contributed by atoms with E-state index in [-0.39, 0.29) is 5.91 Å². The predicted octanol–water partition coefficient (Wildman–Crippen LogP) is -0.112. The molecule has 4 nitrogen and oxygen atoms in total. The van der Waals surface area contributed by atoms with Crippen molar-refractivity contribution < 1.29 is 4.79 Å². The summed E-state index contributed by atoms with van der Waals surface area (Å²) >= 11 is 0. The molecule has 0 aliphatic carbocycles. The number of carbonyl (C=O) groups is 1. The molecule has 2 N–H and O–H groups in total. The smallest absolute Gasteiger partial charge is 0.219 e. The van der Waals surface area contributed by atoms with E-state index in [4.69, 9.17) is 5.73 Å². The Balaban J connectivity index is 2.31. The molecule has 82 valence electrons. The number of piperidine rings is 1. The van der Waals surface area contributed by atoms with Crippen LogP contribution >= 0.6 is 0 Å². The Kier molecular flexibility index (Phi) is 4.35. The molecule has 1 aliphatic rings. The van der Waals surface area contributed by atoms with E-state index in [0.717, 1.165) is 32.5 Å². The van der Waals surface area contributed by atoms with Crippen LogP contribution in [0.15, 0.2) is 0 Å². The second-order valence-corrected chi connectivity index (χ2v) is 4.01. The van der Waals surface area contributed by atoms with Gasteiger partial charge in [0.1, 0.15) is 0 Å². The maximum Gasteiger partial charge on any atom is 0.219 e. The van der Waals surface area contributed by atoms with E-state index in [1.807, 2.05) is 4.90 Å². The molecule has 1 saturated heterocycles. The van der Waals surface area contributed by atoms with Crippen LogP contribution in [0.3, 0.4) is 0 Å². The highest BCUT2D eigenvalue weighted by Crippen LogP contribution is 2.14. The van der Waals surface area contributed by atoms with E-state index < -0.39 is 0 Å². The number of hydrogen-bond acceptors (Lipinski definition) is 3. The maximum atomic E-state index is 11.1. The normalized spacial score (nSPS) is 19.0. The average molecular weight is 199 g/mol. The summed E-state index contributed by atoms with van der Waals surface area (Å²) in [5.41, 5.74) is 5.51. The Labute approximate surface area is 86.0 Å². The number of likely N-dealkylation sites (N-methyl/N-ethyl adjacent to an activating group) is 1. The minimum absolute atomic E-state index is 0.199. The molecular formula is C10H21N3O.